The first-order valence-corrected chi connectivity index (χ1v) is 7.88. The molecule has 0 bridgehead atoms. The van der Waals surface area contributed by atoms with Gasteiger partial charge in [0.1, 0.15) is 0 Å². The molecule has 3 heteroatoms. The number of aliphatic hydroxyl groups is 1. The Balaban J connectivity index is 1.88. The van der Waals surface area contributed by atoms with E-state index in [-0.39, 0.29) is 12.0 Å². The van der Waals surface area contributed by atoms with E-state index < -0.39 is 5.60 Å². The number of hydrogen-bond donors (Lipinski definition) is 1. The molecule has 110 valence electrons. The smallest absolute Gasteiger partial charge is 0.0777 e. The third-order valence-electron chi connectivity index (χ3n) is 5.01. The van der Waals surface area contributed by atoms with Crippen LogP contribution in [0.4, 0.5) is 0 Å². The van der Waals surface area contributed by atoms with E-state index in [9.17, 15) is 5.11 Å². The van der Waals surface area contributed by atoms with Crippen LogP contribution in [0.3, 0.4) is 0 Å². The molecule has 2 heterocycles. The highest BCUT2D eigenvalue weighted by Gasteiger charge is 2.45. The SMILES string of the molecule is CC(C)C1CC(O)(C2CCCc3cccnc32)CCO1. The van der Waals surface area contributed by atoms with Gasteiger partial charge in [0.05, 0.1) is 11.7 Å². The van der Waals surface area contributed by atoms with E-state index in [1.807, 2.05) is 12.3 Å². The number of fused-ring (bicyclic) bond motifs is 1. The second kappa shape index (κ2) is 5.45. The van der Waals surface area contributed by atoms with Crippen LogP contribution in [0.5, 0.6) is 0 Å². The summed E-state index contributed by atoms with van der Waals surface area (Å²) in [5, 5.41) is 11.2. The number of pyridine rings is 1. The Morgan fingerprint density at radius 3 is 3.10 bits per heavy atom. The largest absolute Gasteiger partial charge is 0.389 e. The highest BCUT2D eigenvalue weighted by Crippen LogP contribution is 2.44. The molecule has 2 aliphatic rings. The van der Waals surface area contributed by atoms with Gasteiger partial charge in [-0.25, -0.2) is 0 Å². The Kier molecular flexibility index (Phi) is 3.83. The van der Waals surface area contributed by atoms with Crippen molar-refractivity contribution in [3.05, 3.63) is 29.6 Å². The van der Waals surface area contributed by atoms with Gasteiger partial charge in [-0.3, -0.25) is 4.98 Å². The monoisotopic (exact) mass is 275 g/mol. The molecule has 1 aliphatic heterocycles. The second-order valence-electron chi connectivity index (χ2n) is 6.70. The molecular weight excluding hydrogens is 250 g/mol. The van der Waals surface area contributed by atoms with Gasteiger partial charge in [-0.15, -0.1) is 0 Å². The van der Waals surface area contributed by atoms with Crippen molar-refractivity contribution in [2.75, 3.05) is 6.61 Å². The first kappa shape index (κ1) is 14.0. The van der Waals surface area contributed by atoms with Crippen molar-refractivity contribution < 1.29 is 9.84 Å². The van der Waals surface area contributed by atoms with Crippen molar-refractivity contribution in [3.8, 4) is 0 Å². The Labute approximate surface area is 121 Å². The van der Waals surface area contributed by atoms with Gasteiger partial charge < -0.3 is 9.84 Å². The number of nitrogens with zero attached hydrogens (tertiary/aromatic N) is 1. The van der Waals surface area contributed by atoms with Gasteiger partial charge in [-0.1, -0.05) is 19.9 Å². The van der Waals surface area contributed by atoms with Crippen molar-refractivity contribution >= 4 is 0 Å². The molecule has 0 amide bonds. The van der Waals surface area contributed by atoms with Gasteiger partial charge >= 0.3 is 0 Å². The molecule has 1 saturated heterocycles. The minimum atomic E-state index is -0.642. The van der Waals surface area contributed by atoms with Crippen molar-refractivity contribution in [1.82, 2.24) is 4.98 Å². The number of aryl methyl sites for hydroxylation is 1. The van der Waals surface area contributed by atoms with Crippen LogP contribution in [-0.4, -0.2) is 28.4 Å². The number of rotatable bonds is 2. The van der Waals surface area contributed by atoms with E-state index in [0.29, 0.717) is 12.5 Å². The lowest BCUT2D eigenvalue weighted by Gasteiger charge is -2.44. The Morgan fingerprint density at radius 1 is 1.45 bits per heavy atom. The van der Waals surface area contributed by atoms with Crippen LogP contribution in [-0.2, 0) is 11.2 Å². The van der Waals surface area contributed by atoms with Gasteiger partial charge in [0.25, 0.3) is 0 Å². The molecular formula is C17H25NO2. The third kappa shape index (κ3) is 2.49. The van der Waals surface area contributed by atoms with E-state index in [1.165, 1.54) is 5.56 Å². The van der Waals surface area contributed by atoms with Crippen molar-refractivity contribution in [2.24, 2.45) is 5.92 Å². The number of hydrogen-bond acceptors (Lipinski definition) is 3. The van der Waals surface area contributed by atoms with E-state index in [4.69, 9.17) is 4.74 Å². The Bertz CT molecular complexity index is 474. The molecule has 3 rings (SSSR count). The lowest BCUT2D eigenvalue weighted by molar-refractivity contribution is -0.131. The summed E-state index contributed by atoms with van der Waals surface area (Å²) in [5.74, 6) is 0.631. The first-order chi connectivity index (χ1) is 9.60. The van der Waals surface area contributed by atoms with Gasteiger partial charge in [0.2, 0.25) is 0 Å². The second-order valence-corrected chi connectivity index (χ2v) is 6.70. The molecule has 0 saturated carbocycles. The molecule has 0 radical (unpaired) electrons. The van der Waals surface area contributed by atoms with Crippen LogP contribution in [0.25, 0.3) is 0 Å². The molecule has 3 nitrogen and oxygen atoms in total. The molecule has 1 aromatic rings. The summed E-state index contributed by atoms with van der Waals surface area (Å²) in [5.41, 5.74) is 1.81. The summed E-state index contributed by atoms with van der Waals surface area (Å²) < 4.78 is 5.83. The van der Waals surface area contributed by atoms with Crippen LogP contribution in [0.2, 0.25) is 0 Å². The average molecular weight is 275 g/mol. The molecule has 20 heavy (non-hydrogen) atoms. The molecule has 1 aromatic heterocycles. The third-order valence-corrected chi connectivity index (χ3v) is 5.01. The summed E-state index contributed by atoms with van der Waals surface area (Å²) in [7, 11) is 0. The zero-order valence-electron chi connectivity index (χ0n) is 12.5. The minimum Gasteiger partial charge on any atom is -0.389 e. The zero-order chi connectivity index (χ0) is 14.2. The number of ether oxygens (including phenoxy) is 1. The quantitative estimate of drug-likeness (QED) is 0.902. The van der Waals surface area contributed by atoms with Crippen LogP contribution >= 0.6 is 0 Å². The van der Waals surface area contributed by atoms with E-state index in [0.717, 1.165) is 37.8 Å². The maximum Gasteiger partial charge on any atom is 0.0777 e. The van der Waals surface area contributed by atoms with Gasteiger partial charge in [-0.05, 0) is 36.8 Å². The highest BCUT2D eigenvalue weighted by atomic mass is 16.5. The highest BCUT2D eigenvalue weighted by molar-refractivity contribution is 5.29. The van der Waals surface area contributed by atoms with Gasteiger partial charge in [0, 0.05) is 37.3 Å². The minimum absolute atomic E-state index is 0.169. The van der Waals surface area contributed by atoms with Gasteiger partial charge in [-0.2, -0.15) is 0 Å². The standard InChI is InChI=1S/C17H25NO2/c1-12(2)15-11-17(19,8-10-20-15)14-7-3-5-13-6-4-9-18-16(13)14/h4,6,9,12,14-15,19H,3,5,7-8,10-11H2,1-2H3. The van der Waals surface area contributed by atoms with E-state index in [2.05, 4.69) is 24.9 Å². The van der Waals surface area contributed by atoms with Gasteiger partial charge in [0.15, 0.2) is 0 Å². The lowest BCUT2D eigenvalue weighted by atomic mass is 9.70. The molecule has 3 unspecified atom stereocenters. The van der Waals surface area contributed by atoms with Crippen molar-refractivity contribution in [1.29, 1.82) is 0 Å². The Hall–Kier alpha value is -0.930. The topological polar surface area (TPSA) is 42.4 Å². The maximum absolute atomic E-state index is 11.2. The Morgan fingerprint density at radius 2 is 2.30 bits per heavy atom. The van der Waals surface area contributed by atoms with E-state index in [1.54, 1.807) is 0 Å². The van der Waals surface area contributed by atoms with Crippen molar-refractivity contribution in [3.63, 3.8) is 0 Å². The molecule has 1 aliphatic carbocycles. The van der Waals surface area contributed by atoms with Crippen LogP contribution < -0.4 is 0 Å². The lowest BCUT2D eigenvalue weighted by Crippen LogP contribution is -2.47. The molecule has 1 N–H and O–H groups in total. The summed E-state index contributed by atoms with van der Waals surface area (Å²) in [6.45, 7) is 5.00. The first-order valence-electron chi connectivity index (χ1n) is 7.88. The van der Waals surface area contributed by atoms with Crippen molar-refractivity contribution in [2.45, 2.75) is 63.6 Å². The summed E-state index contributed by atoms with van der Waals surface area (Å²) >= 11 is 0. The summed E-state index contributed by atoms with van der Waals surface area (Å²) in [6.07, 6.45) is 6.80. The van der Waals surface area contributed by atoms with Crippen LogP contribution in [0.1, 0.15) is 56.7 Å². The average Bonchev–Trinajstić information content (AvgIpc) is 2.46. The maximum atomic E-state index is 11.2. The molecule has 1 fully saturated rings. The predicted octanol–water partition coefficient (Wildman–Crippen LogP) is 3.07. The fourth-order valence-corrected chi connectivity index (χ4v) is 3.77. The van der Waals surface area contributed by atoms with E-state index >= 15 is 0 Å². The molecule has 0 spiro atoms. The molecule has 3 atom stereocenters. The fraction of sp³-hybridized carbons (Fsp3) is 0.706. The normalized spacial score (nSPS) is 34.0. The fourth-order valence-electron chi connectivity index (χ4n) is 3.77. The summed E-state index contributed by atoms with van der Waals surface area (Å²) in [4.78, 5) is 4.59. The number of aromatic nitrogens is 1. The molecule has 0 aromatic carbocycles. The van der Waals surface area contributed by atoms with Crippen LogP contribution in [0, 0.1) is 5.92 Å². The van der Waals surface area contributed by atoms with Crippen LogP contribution in [0.15, 0.2) is 18.3 Å². The summed E-state index contributed by atoms with van der Waals surface area (Å²) in [6, 6.07) is 4.17. The predicted molar refractivity (Wildman–Crippen MR) is 78.7 cm³/mol. The zero-order valence-corrected chi connectivity index (χ0v) is 12.5.